The van der Waals surface area contributed by atoms with Gasteiger partial charge in [0.1, 0.15) is 0 Å². The van der Waals surface area contributed by atoms with Crippen LogP contribution in [0.25, 0.3) is 0 Å². The van der Waals surface area contributed by atoms with Gasteiger partial charge >= 0.3 is 0 Å². The van der Waals surface area contributed by atoms with Gasteiger partial charge in [-0.2, -0.15) is 0 Å². The second kappa shape index (κ2) is 7.25. The van der Waals surface area contributed by atoms with E-state index in [-0.39, 0.29) is 17.5 Å². The fourth-order valence-corrected chi connectivity index (χ4v) is 3.15. The first-order chi connectivity index (χ1) is 10.5. The highest BCUT2D eigenvalue weighted by atomic mass is 16.2. The highest BCUT2D eigenvalue weighted by Gasteiger charge is 2.31. The van der Waals surface area contributed by atoms with Crippen LogP contribution in [0.1, 0.15) is 44.7 Å². The molecule has 4 heteroatoms. The molecule has 0 fully saturated rings. The first-order valence-corrected chi connectivity index (χ1v) is 8.38. The van der Waals surface area contributed by atoms with Crippen LogP contribution in [0, 0.1) is 0 Å². The van der Waals surface area contributed by atoms with Crippen molar-refractivity contribution >= 4 is 5.91 Å². The fourth-order valence-electron chi connectivity index (χ4n) is 3.15. The molecule has 0 bridgehead atoms. The van der Waals surface area contributed by atoms with Gasteiger partial charge in [-0.15, -0.1) is 0 Å². The molecule has 0 saturated carbocycles. The van der Waals surface area contributed by atoms with Crippen molar-refractivity contribution in [2.45, 2.75) is 58.2 Å². The SMILES string of the molecule is CCC(CC)(CN)NC(=O)C(C)N1CCc2ccccc2C1. The number of fused-ring (bicyclic) bond motifs is 1. The Balaban J connectivity index is 2.03. The fraction of sp³-hybridized carbons (Fsp3) is 0.611. The molecule has 1 aromatic rings. The van der Waals surface area contributed by atoms with Crippen LogP contribution in [0.3, 0.4) is 0 Å². The van der Waals surface area contributed by atoms with Gasteiger partial charge in [0.05, 0.1) is 11.6 Å². The number of hydrogen-bond acceptors (Lipinski definition) is 3. The molecule has 3 N–H and O–H groups in total. The summed E-state index contributed by atoms with van der Waals surface area (Å²) < 4.78 is 0. The molecular formula is C18H29N3O. The first-order valence-electron chi connectivity index (χ1n) is 8.38. The van der Waals surface area contributed by atoms with E-state index in [1.165, 1.54) is 11.1 Å². The third-order valence-corrected chi connectivity index (χ3v) is 5.22. The molecule has 1 aromatic carbocycles. The summed E-state index contributed by atoms with van der Waals surface area (Å²) in [4.78, 5) is 14.9. The van der Waals surface area contributed by atoms with Crippen molar-refractivity contribution < 1.29 is 4.79 Å². The van der Waals surface area contributed by atoms with Gasteiger partial charge in [-0.25, -0.2) is 0 Å². The van der Waals surface area contributed by atoms with Crippen molar-refractivity contribution in [3.05, 3.63) is 35.4 Å². The van der Waals surface area contributed by atoms with E-state index in [0.29, 0.717) is 6.54 Å². The van der Waals surface area contributed by atoms with Crippen molar-refractivity contribution in [1.82, 2.24) is 10.2 Å². The number of rotatable bonds is 6. The van der Waals surface area contributed by atoms with Gasteiger partial charge < -0.3 is 11.1 Å². The highest BCUT2D eigenvalue weighted by Crippen LogP contribution is 2.21. The summed E-state index contributed by atoms with van der Waals surface area (Å²) in [5.41, 5.74) is 8.37. The Labute approximate surface area is 134 Å². The number of nitrogens with zero attached hydrogens (tertiary/aromatic N) is 1. The predicted molar refractivity (Wildman–Crippen MR) is 90.5 cm³/mol. The van der Waals surface area contributed by atoms with Gasteiger partial charge in [0.2, 0.25) is 5.91 Å². The molecule has 0 aromatic heterocycles. The van der Waals surface area contributed by atoms with Crippen LogP contribution in [0.15, 0.2) is 24.3 Å². The summed E-state index contributed by atoms with van der Waals surface area (Å²) in [6.07, 6.45) is 2.74. The summed E-state index contributed by atoms with van der Waals surface area (Å²) in [6, 6.07) is 8.38. The maximum absolute atomic E-state index is 12.6. The van der Waals surface area contributed by atoms with Crippen LogP contribution in [0.5, 0.6) is 0 Å². The van der Waals surface area contributed by atoms with Gasteiger partial charge in [0.25, 0.3) is 0 Å². The monoisotopic (exact) mass is 303 g/mol. The van der Waals surface area contributed by atoms with Gasteiger partial charge in [0, 0.05) is 19.6 Å². The van der Waals surface area contributed by atoms with E-state index in [1.54, 1.807) is 0 Å². The van der Waals surface area contributed by atoms with Crippen molar-refractivity contribution in [3.8, 4) is 0 Å². The number of carbonyl (C=O) groups excluding carboxylic acids is 1. The average molecular weight is 303 g/mol. The van der Waals surface area contributed by atoms with E-state index in [2.05, 4.69) is 48.3 Å². The van der Waals surface area contributed by atoms with Crippen LogP contribution in [0.4, 0.5) is 0 Å². The molecule has 2 rings (SSSR count). The number of hydrogen-bond donors (Lipinski definition) is 2. The Kier molecular flexibility index (Phi) is 5.59. The lowest BCUT2D eigenvalue weighted by molar-refractivity contribution is -0.128. The van der Waals surface area contributed by atoms with Crippen LogP contribution < -0.4 is 11.1 Å². The summed E-state index contributed by atoms with van der Waals surface area (Å²) >= 11 is 0. The Morgan fingerprint density at radius 1 is 1.32 bits per heavy atom. The number of carbonyl (C=O) groups is 1. The Bertz CT molecular complexity index is 503. The molecule has 1 atom stereocenters. The van der Waals surface area contributed by atoms with E-state index < -0.39 is 0 Å². The molecule has 1 unspecified atom stereocenters. The van der Waals surface area contributed by atoms with Crippen molar-refractivity contribution in [2.75, 3.05) is 13.1 Å². The summed E-state index contributed by atoms with van der Waals surface area (Å²) in [6.45, 7) is 8.42. The normalized spacial score (nSPS) is 16.9. The number of nitrogens with one attached hydrogen (secondary N) is 1. The summed E-state index contributed by atoms with van der Waals surface area (Å²) in [7, 11) is 0. The molecular weight excluding hydrogens is 274 g/mol. The van der Waals surface area contributed by atoms with Crippen molar-refractivity contribution in [1.29, 1.82) is 0 Å². The van der Waals surface area contributed by atoms with Crippen LogP contribution in [0.2, 0.25) is 0 Å². The van der Waals surface area contributed by atoms with Crippen LogP contribution in [-0.4, -0.2) is 35.5 Å². The van der Waals surface area contributed by atoms with Crippen molar-refractivity contribution in [3.63, 3.8) is 0 Å². The van der Waals surface area contributed by atoms with Gasteiger partial charge in [-0.05, 0) is 37.3 Å². The lowest BCUT2D eigenvalue weighted by Gasteiger charge is -2.37. The minimum absolute atomic E-state index is 0.0912. The topological polar surface area (TPSA) is 58.4 Å². The minimum atomic E-state index is -0.265. The molecule has 1 amide bonds. The third kappa shape index (κ3) is 3.50. The Morgan fingerprint density at radius 3 is 2.55 bits per heavy atom. The predicted octanol–water partition coefficient (Wildman–Crippen LogP) is 2.07. The molecule has 0 saturated heterocycles. The zero-order valence-corrected chi connectivity index (χ0v) is 14.1. The van der Waals surface area contributed by atoms with E-state index in [1.807, 2.05) is 6.92 Å². The standard InChI is InChI=1S/C18H29N3O/c1-4-18(5-2,13-19)20-17(22)14(3)21-11-10-15-8-6-7-9-16(15)12-21/h6-9,14H,4-5,10-13,19H2,1-3H3,(H,20,22). The van der Waals surface area contributed by atoms with E-state index >= 15 is 0 Å². The maximum atomic E-state index is 12.6. The summed E-state index contributed by atoms with van der Waals surface area (Å²) in [5, 5.41) is 3.19. The lowest BCUT2D eigenvalue weighted by atomic mass is 9.92. The second-order valence-electron chi connectivity index (χ2n) is 6.35. The van der Waals surface area contributed by atoms with Crippen LogP contribution >= 0.6 is 0 Å². The lowest BCUT2D eigenvalue weighted by Crippen LogP contribution is -2.58. The van der Waals surface area contributed by atoms with E-state index in [9.17, 15) is 4.79 Å². The third-order valence-electron chi connectivity index (χ3n) is 5.22. The maximum Gasteiger partial charge on any atom is 0.237 e. The number of amides is 1. The molecule has 1 aliphatic rings. The van der Waals surface area contributed by atoms with Gasteiger partial charge in [-0.1, -0.05) is 38.1 Å². The molecule has 1 aliphatic heterocycles. The average Bonchev–Trinajstić information content (AvgIpc) is 2.58. The highest BCUT2D eigenvalue weighted by molar-refractivity contribution is 5.82. The van der Waals surface area contributed by atoms with E-state index in [4.69, 9.17) is 5.73 Å². The van der Waals surface area contributed by atoms with Gasteiger partial charge in [-0.3, -0.25) is 9.69 Å². The minimum Gasteiger partial charge on any atom is -0.348 e. The smallest absolute Gasteiger partial charge is 0.237 e. The molecule has 1 heterocycles. The number of nitrogens with two attached hydrogens (primary N) is 1. The van der Waals surface area contributed by atoms with Crippen molar-refractivity contribution in [2.24, 2.45) is 5.73 Å². The van der Waals surface area contributed by atoms with Gasteiger partial charge in [0.15, 0.2) is 0 Å². The largest absolute Gasteiger partial charge is 0.348 e. The molecule has 22 heavy (non-hydrogen) atoms. The molecule has 0 radical (unpaired) electrons. The second-order valence-corrected chi connectivity index (χ2v) is 6.35. The molecule has 4 nitrogen and oxygen atoms in total. The molecule has 0 aliphatic carbocycles. The van der Waals surface area contributed by atoms with Crippen LogP contribution in [-0.2, 0) is 17.8 Å². The quantitative estimate of drug-likeness (QED) is 0.846. The van der Waals surface area contributed by atoms with E-state index in [0.717, 1.165) is 32.4 Å². The Morgan fingerprint density at radius 2 is 1.95 bits per heavy atom. The molecule has 0 spiro atoms. The summed E-state index contributed by atoms with van der Waals surface area (Å²) in [5.74, 6) is 0.0912. The number of benzene rings is 1. The first kappa shape index (κ1) is 17.0. The molecule has 122 valence electrons. The zero-order chi connectivity index (χ0) is 16.2. The Hall–Kier alpha value is -1.39. The zero-order valence-electron chi connectivity index (χ0n) is 14.1.